The molecule has 3 rings (SSSR count). The molecule has 3 aromatic rings. The van der Waals surface area contributed by atoms with Crippen LogP contribution in [0.2, 0.25) is 0 Å². The summed E-state index contributed by atoms with van der Waals surface area (Å²) in [6.45, 7) is 2.21. The Kier molecular flexibility index (Phi) is 4.92. The van der Waals surface area contributed by atoms with E-state index >= 15 is 0 Å². The van der Waals surface area contributed by atoms with Gasteiger partial charge in [-0.15, -0.1) is 0 Å². The molecule has 0 saturated carbocycles. The van der Waals surface area contributed by atoms with E-state index in [-0.39, 0.29) is 22.5 Å². The predicted molar refractivity (Wildman–Crippen MR) is 102 cm³/mol. The number of aromatic amines is 1. The molecule has 0 unspecified atom stereocenters. The Bertz CT molecular complexity index is 1140. The number of nitrogen functional groups attached to an aromatic ring is 1. The second kappa shape index (κ2) is 7.47. The molecular weight excluding hydrogens is 340 g/mol. The van der Waals surface area contributed by atoms with Crippen molar-refractivity contribution in [2.24, 2.45) is 0 Å². The molecule has 6 heteroatoms. The van der Waals surface area contributed by atoms with E-state index in [9.17, 15) is 15.3 Å². The summed E-state index contributed by atoms with van der Waals surface area (Å²) in [5, 5.41) is 19.0. The van der Waals surface area contributed by atoms with Crippen LogP contribution in [0.5, 0.6) is 5.75 Å². The van der Waals surface area contributed by atoms with Crippen molar-refractivity contribution >= 4 is 5.82 Å². The zero-order valence-corrected chi connectivity index (χ0v) is 14.6. The van der Waals surface area contributed by atoms with Gasteiger partial charge >= 0.3 is 0 Å². The monoisotopic (exact) mass is 356 g/mol. The van der Waals surface area contributed by atoms with E-state index in [1.54, 1.807) is 12.1 Å². The Balaban J connectivity index is 2.18. The first kappa shape index (κ1) is 17.8. The van der Waals surface area contributed by atoms with Crippen molar-refractivity contribution in [1.82, 2.24) is 4.98 Å². The molecule has 1 heterocycles. The molecule has 0 bridgehead atoms. The van der Waals surface area contributed by atoms with Gasteiger partial charge in [-0.3, -0.25) is 4.79 Å². The number of aryl methyl sites for hydroxylation is 1. The number of nitrogens with two attached hydrogens (primary N) is 1. The van der Waals surface area contributed by atoms with Crippen LogP contribution in [0.25, 0.3) is 11.1 Å². The Morgan fingerprint density at radius 2 is 1.78 bits per heavy atom. The third-order valence-corrected chi connectivity index (χ3v) is 4.11. The maximum atomic E-state index is 12.2. The maximum Gasteiger partial charge on any atom is 0.268 e. The molecule has 1 aromatic heterocycles. The van der Waals surface area contributed by atoms with Gasteiger partial charge in [-0.25, -0.2) is 0 Å². The van der Waals surface area contributed by atoms with Crippen molar-refractivity contribution in [2.45, 2.75) is 13.5 Å². The van der Waals surface area contributed by atoms with Gasteiger partial charge in [0.05, 0.1) is 0 Å². The van der Waals surface area contributed by atoms with Crippen LogP contribution >= 0.6 is 0 Å². The molecule has 2 aromatic carbocycles. The summed E-state index contributed by atoms with van der Waals surface area (Å²) in [6.07, 6.45) is 0. The molecule has 132 valence electrons. The lowest BCUT2D eigenvalue weighted by Crippen LogP contribution is -2.16. The lowest BCUT2D eigenvalue weighted by Gasteiger charge is -2.15. The molecular formula is C21H16N4O2. The number of rotatable bonds is 4. The van der Waals surface area contributed by atoms with Crippen molar-refractivity contribution in [1.29, 1.82) is 10.5 Å². The number of H-pyrrole nitrogens is 1. The summed E-state index contributed by atoms with van der Waals surface area (Å²) in [6, 6.07) is 18.8. The number of nitrogens with one attached hydrogen (secondary N) is 1. The number of ether oxygens (including phenoxy) is 1. The molecule has 0 radical (unpaired) electrons. The minimum absolute atomic E-state index is 0.0413. The van der Waals surface area contributed by atoms with E-state index in [0.29, 0.717) is 17.9 Å². The first-order valence-corrected chi connectivity index (χ1v) is 8.19. The Labute approximate surface area is 156 Å². The highest BCUT2D eigenvalue weighted by Gasteiger charge is 2.21. The number of hydrogen-bond donors (Lipinski definition) is 2. The van der Waals surface area contributed by atoms with Crippen LogP contribution in [0.3, 0.4) is 0 Å². The molecule has 0 aliphatic carbocycles. The average Bonchev–Trinajstić information content (AvgIpc) is 2.67. The fourth-order valence-electron chi connectivity index (χ4n) is 2.80. The second-order valence-electron chi connectivity index (χ2n) is 5.99. The molecule has 0 spiro atoms. The number of nitrogens with zero attached hydrogens (tertiary/aromatic N) is 2. The number of nitriles is 2. The summed E-state index contributed by atoms with van der Waals surface area (Å²) in [7, 11) is 0. The average molecular weight is 356 g/mol. The van der Waals surface area contributed by atoms with Gasteiger partial charge in [-0.1, -0.05) is 42.5 Å². The molecule has 0 atom stereocenters. The van der Waals surface area contributed by atoms with Crippen LogP contribution in [0, 0.1) is 29.6 Å². The van der Waals surface area contributed by atoms with E-state index in [1.165, 1.54) is 0 Å². The van der Waals surface area contributed by atoms with Crippen LogP contribution in [-0.4, -0.2) is 4.98 Å². The van der Waals surface area contributed by atoms with E-state index in [1.807, 2.05) is 55.5 Å². The second-order valence-corrected chi connectivity index (χ2v) is 5.99. The van der Waals surface area contributed by atoms with E-state index in [4.69, 9.17) is 10.5 Å². The summed E-state index contributed by atoms with van der Waals surface area (Å²) in [4.78, 5) is 14.5. The van der Waals surface area contributed by atoms with Gasteiger partial charge in [0.2, 0.25) is 0 Å². The van der Waals surface area contributed by atoms with Gasteiger partial charge in [0.25, 0.3) is 5.56 Å². The molecule has 0 aliphatic heterocycles. The molecule has 0 saturated heterocycles. The van der Waals surface area contributed by atoms with Crippen molar-refractivity contribution in [3.8, 4) is 29.0 Å². The lowest BCUT2D eigenvalue weighted by atomic mass is 9.95. The van der Waals surface area contributed by atoms with Crippen LogP contribution < -0.4 is 16.0 Å². The van der Waals surface area contributed by atoms with Gasteiger partial charge in [0, 0.05) is 11.1 Å². The number of benzene rings is 2. The van der Waals surface area contributed by atoms with Crippen molar-refractivity contribution in [3.63, 3.8) is 0 Å². The molecule has 3 N–H and O–H groups in total. The Morgan fingerprint density at radius 3 is 2.44 bits per heavy atom. The first-order chi connectivity index (χ1) is 13.0. The maximum absolute atomic E-state index is 12.2. The topological polar surface area (TPSA) is 116 Å². The van der Waals surface area contributed by atoms with Crippen molar-refractivity contribution in [3.05, 3.63) is 81.1 Å². The van der Waals surface area contributed by atoms with Gasteiger partial charge in [-0.2, -0.15) is 10.5 Å². The zero-order valence-electron chi connectivity index (χ0n) is 14.6. The van der Waals surface area contributed by atoms with E-state index in [0.717, 1.165) is 11.1 Å². The largest absolute Gasteiger partial charge is 0.488 e. The smallest absolute Gasteiger partial charge is 0.268 e. The quantitative estimate of drug-likeness (QED) is 0.744. The molecule has 0 amide bonds. The molecule has 6 nitrogen and oxygen atoms in total. The Hall–Kier alpha value is -4.03. The van der Waals surface area contributed by atoms with Crippen molar-refractivity contribution in [2.75, 3.05) is 5.73 Å². The summed E-state index contributed by atoms with van der Waals surface area (Å²) < 4.78 is 5.97. The number of hydrogen-bond acceptors (Lipinski definition) is 5. The number of aromatic nitrogens is 1. The SMILES string of the molecule is Cc1ccc(-c2c(C#N)c(N)[nH]c(=O)c2C#N)c(OCc2ccccc2)c1. The third-order valence-electron chi connectivity index (χ3n) is 4.11. The summed E-state index contributed by atoms with van der Waals surface area (Å²) in [5.41, 5.74) is 7.61. The van der Waals surface area contributed by atoms with E-state index in [2.05, 4.69) is 4.98 Å². The summed E-state index contributed by atoms with van der Waals surface area (Å²) >= 11 is 0. The fourth-order valence-corrected chi connectivity index (χ4v) is 2.80. The van der Waals surface area contributed by atoms with E-state index < -0.39 is 5.56 Å². The van der Waals surface area contributed by atoms with Gasteiger partial charge in [-0.05, 0) is 24.1 Å². The highest BCUT2D eigenvalue weighted by Crippen LogP contribution is 2.36. The van der Waals surface area contributed by atoms with Gasteiger partial charge in [0.15, 0.2) is 0 Å². The van der Waals surface area contributed by atoms with Gasteiger partial charge in [0.1, 0.15) is 41.4 Å². The normalized spacial score (nSPS) is 10.0. The van der Waals surface area contributed by atoms with Crippen LogP contribution in [0.15, 0.2) is 53.3 Å². The zero-order chi connectivity index (χ0) is 19.4. The first-order valence-electron chi connectivity index (χ1n) is 8.19. The highest BCUT2D eigenvalue weighted by atomic mass is 16.5. The molecule has 0 aliphatic rings. The third kappa shape index (κ3) is 3.51. The molecule has 0 fully saturated rings. The fraction of sp³-hybridized carbons (Fsp3) is 0.0952. The standard InChI is InChI=1S/C21H16N4O2/c1-13-7-8-15(18(9-13)27-12-14-5-3-2-4-6-14)19-16(10-22)20(24)25-21(26)17(19)11-23/h2-9H,12H2,1H3,(H3,24,25,26). The van der Waals surface area contributed by atoms with Crippen molar-refractivity contribution < 1.29 is 4.74 Å². The lowest BCUT2D eigenvalue weighted by molar-refractivity contribution is 0.307. The minimum atomic E-state index is -0.640. The summed E-state index contributed by atoms with van der Waals surface area (Å²) in [5.74, 6) is 0.392. The Morgan fingerprint density at radius 1 is 1.07 bits per heavy atom. The van der Waals surface area contributed by atoms with Gasteiger partial charge < -0.3 is 15.5 Å². The van der Waals surface area contributed by atoms with Crippen LogP contribution in [0.4, 0.5) is 5.82 Å². The van der Waals surface area contributed by atoms with Crippen LogP contribution in [0.1, 0.15) is 22.3 Å². The van der Waals surface area contributed by atoms with Crippen LogP contribution in [-0.2, 0) is 6.61 Å². The number of pyridine rings is 1. The minimum Gasteiger partial charge on any atom is -0.488 e. The molecule has 27 heavy (non-hydrogen) atoms. The predicted octanol–water partition coefficient (Wildman–Crippen LogP) is 3.25. The number of anilines is 1. The highest BCUT2D eigenvalue weighted by molar-refractivity contribution is 5.83.